The molecule has 0 bridgehead atoms. The molecule has 2 amide bonds. The molecule has 2 aromatic carbocycles. The molecule has 0 aliphatic carbocycles. The molecule has 2 aliphatic rings. The maximum Gasteiger partial charge on any atom is 0.240 e. The van der Waals surface area contributed by atoms with Crippen LogP contribution in [0.4, 0.5) is 0 Å². The number of hydrazone groups is 2. The van der Waals surface area contributed by atoms with Gasteiger partial charge in [-0.15, -0.1) is 0 Å². The van der Waals surface area contributed by atoms with Crippen molar-refractivity contribution in [2.75, 3.05) is 13.6 Å². The summed E-state index contributed by atoms with van der Waals surface area (Å²) in [5.41, 5.74) is 6.34. The minimum atomic E-state index is -0.302. The number of nitrogens with zero attached hydrogens (tertiary/aromatic N) is 2. The van der Waals surface area contributed by atoms with Gasteiger partial charge in [0.1, 0.15) is 0 Å². The molecule has 0 saturated heterocycles. The number of hydrogen-bond donors (Lipinski definition) is 2. The highest BCUT2D eigenvalue weighted by Gasteiger charge is 2.16. The van der Waals surface area contributed by atoms with E-state index in [2.05, 4.69) is 52.9 Å². The summed E-state index contributed by atoms with van der Waals surface area (Å²) in [6, 6.07) is 7.07. The van der Waals surface area contributed by atoms with Crippen LogP contribution in [0, 0.1) is 0 Å². The van der Waals surface area contributed by atoms with Crippen molar-refractivity contribution in [2.24, 2.45) is 10.2 Å². The van der Waals surface area contributed by atoms with Crippen LogP contribution in [0.3, 0.4) is 0 Å². The van der Waals surface area contributed by atoms with Crippen LogP contribution < -0.4 is 29.8 Å². The highest BCUT2D eigenvalue weighted by Crippen LogP contribution is 2.37. The Labute approximate surface area is 205 Å². The minimum absolute atomic E-state index is 0.143. The molecule has 33 heavy (non-hydrogen) atoms. The van der Waals surface area contributed by atoms with Crippen molar-refractivity contribution >= 4 is 56.1 Å². The van der Waals surface area contributed by atoms with Crippen LogP contribution in [0.2, 0.25) is 0 Å². The minimum Gasteiger partial charge on any atom is -0.454 e. The van der Waals surface area contributed by atoms with Gasteiger partial charge in [-0.1, -0.05) is 0 Å². The van der Waals surface area contributed by atoms with Crippen LogP contribution in [0.5, 0.6) is 23.0 Å². The van der Waals surface area contributed by atoms with E-state index >= 15 is 0 Å². The topological polar surface area (TPSA) is 120 Å². The van der Waals surface area contributed by atoms with E-state index in [9.17, 15) is 9.59 Å². The number of fused-ring (bicyclic) bond motifs is 2. The third kappa shape index (κ3) is 6.02. The molecular formula is C21H18Br2N4O6. The van der Waals surface area contributed by atoms with Crippen molar-refractivity contribution in [3.63, 3.8) is 0 Å². The number of carbonyl (C=O) groups excluding carboxylic acids is 2. The lowest BCUT2D eigenvalue weighted by Crippen LogP contribution is -2.20. The zero-order valence-electron chi connectivity index (χ0n) is 17.1. The predicted molar refractivity (Wildman–Crippen MR) is 126 cm³/mol. The monoisotopic (exact) mass is 580 g/mol. The van der Waals surface area contributed by atoms with Crippen LogP contribution in [0.15, 0.2) is 43.4 Å². The number of benzene rings is 2. The van der Waals surface area contributed by atoms with E-state index in [1.807, 2.05) is 0 Å². The van der Waals surface area contributed by atoms with Gasteiger partial charge in [-0.25, -0.2) is 10.9 Å². The Bertz CT molecular complexity index is 1050. The summed E-state index contributed by atoms with van der Waals surface area (Å²) in [6.45, 7) is 0.349. The zero-order valence-corrected chi connectivity index (χ0v) is 20.3. The fraction of sp³-hybridized carbons (Fsp3) is 0.238. The number of ether oxygens (including phenoxy) is 4. The first-order chi connectivity index (χ1) is 16.0. The lowest BCUT2D eigenvalue weighted by Gasteiger charge is -2.03. The number of amides is 2. The fourth-order valence-electron chi connectivity index (χ4n) is 2.93. The second kappa shape index (κ2) is 10.7. The van der Waals surface area contributed by atoms with Gasteiger partial charge in [0, 0.05) is 32.9 Å². The van der Waals surface area contributed by atoms with Crippen molar-refractivity contribution in [3.8, 4) is 23.0 Å². The third-order valence-corrected chi connectivity index (χ3v) is 5.95. The molecule has 2 heterocycles. The third-order valence-electron chi connectivity index (χ3n) is 4.58. The number of rotatable bonds is 8. The zero-order chi connectivity index (χ0) is 23.2. The van der Waals surface area contributed by atoms with Crippen LogP contribution in [0.25, 0.3) is 0 Å². The highest BCUT2D eigenvalue weighted by molar-refractivity contribution is 9.10. The molecular weight excluding hydrogens is 564 g/mol. The van der Waals surface area contributed by atoms with Crippen molar-refractivity contribution in [1.29, 1.82) is 0 Å². The molecule has 4 rings (SSSR count). The van der Waals surface area contributed by atoms with E-state index in [0.717, 1.165) is 20.1 Å². The molecule has 0 saturated carbocycles. The largest absolute Gasteiger partial charge is 0.454 e. The van der Waals surface area contributed by atoms with E-state index in [1.165, 1.54) is 12.4 Å². The van der Waals surface area contributed by atoms with Crippen molar-refractivity contribution in [1.82, 2.24) is 10.9 Å². The Balaban J connectivity index is 1.17. The number of halogens is 2. The van der Waals surface area contributed by atoms with E-state index < -0.39 is 0 Å². The van der Waals surface area contributed by atoms with E-state index in [4.69, 9.17) is 18.9 Å². The second-order valence-corrected chi connectivity index (χ2v) is 8.60. The summed E-state index contributed by atoms with van der Waals surface area (Å²) < 4.78 is 22.7. The van der Waals surface area contributed by atoms with Crippen LogP contribution in [-0.4, -0.2) is 37.8 Å². The smallest absolute Gasteiger partial charge is 0.240 e. The molecule has 0 fully saturated rings. The summed E-state index contributed by atoms with van der Waals surface area (Å²) in [4.78, 5) is 23.9. The summed E-state index contributed by atoms with van der Waals surface area (Å²) in [6.07, 6.45) is 3.64. The average Bonchev–Trinajstić information content (AvgIpc) is 3.42. The molecule has 172 valence electrons. The maximum atomic E-state index is 11.9. The van der Waals surface area contributed by atoms with Crippen molar-refractivity contribution < 1.29 is 28.5 Å². The van der Waals surface area contributed by atoms with Gasteiger partial charge in [-0.3, -0.25) is 9.59 Å². The molecule has 12 heteroatoms. The van der Waals surface area contributed by atoms with Gasteiger partial charge in [0.25, 0.3) is 0 Å². The van der Waals surface area contributed by atoms with Gasteiger partial charge in [-0.2, -0.15) is 10.2 Å². The molecule has 0 unspecified atom stereocenters. The van der Waals surface area contributed by atoms with Crippen LogP contribution >= 0.6 is 31.9 Å². The molecule has 2 N–H and O–H groups in total. The number of nitrogens with one attached hydrogen (secondary N) is 2. The summed E-state index contributed by atoms with van der Waals surface area (Å²) in [7, 11) is 0. The molecule has 10 nitrogen and oxygen atoms in total. The molecule has 0 spiro atoms. The van der Waals surface area contributed by atoms with Gasteiger partial charge in [-0.05, 0) is 62.5 Å². The van der Waals surface area contributed by atoms with Gasteiger partial charge in [0.15, 0.2) is 23.0 Å². The fourth-order valence-corrected chi connectivity index (χ4v) is 3.78. The molecule has 0 aromatic heterocycles. The Kier molecular flexibility index (Phi) is 7.45. The summed E-state index contributed by atoms with van der Waals surface area (Å²) in [5.74, 6) is 1.92. The highest BCUT2D eigenvalue weighted by atomic mass is 79.9. The number of hydrogen-bond acceptors (Lipinski definition) is 8. The van der Waals surface area contributed by atoms with Crippen molar-refractivity contribution in [3.05, 3.63) is 44.3 Å². The standard InChI is InChI=1S/C21H18Br2N4O6/c22-14-6-18-16(30-10-32-18)4-12(14)8-24-26-20(28)2-1-3-21(29)27-25-9-13-5-17-19(7-15(13)23)33-11-31-17/h4-9H,1-3,10-11H2,(H,26,28)(H,27,29)/b24-8+,25-9+. The first-order valence-electron chi connectivity index (χ1n) is 9.81. The molecule has 2 aromatic rings. The average molecular weight is 582 g/mol. The van der Waals surface area contributed by atoms with Gasteiger partial charge >= 0.3 is 0 Å². The van der Waals surface area contributed by atoms with Gasteiger partial charge in [0.2, 0.25) is 25.4 Å². The summed E-state index contributed by atoms with van der Waals surface area (Å²) in [5, 5.41) is 7.89. The first kappa shape index (κ1) is 23.1. The first-order valence-corrected chi connectivity index (χ1v) is 11.4. The molecule has 2 aliphatic heterocycles. The predicted octanol–water partition coefficient (Wildman–Crippen LogP) is 3.44. The van der Waals surface area contributed by atoms with Gasteiger partial charge < -0.3 is 18.9 Å². The summed E-state index contributed by atoms with van der Waals surface area (Å²) >= 11 is 6.84. The lowest BCUT2D eigenvalue weighted by atomic mass is 10.2. The van der Waals surface area contributed by atoms with Gasteiger partial charge in [0.05, 0.1) is 12.4 Å². The van der Waals surface area contributed by atoms with E-state index in [1.54, 1.807) is 24.3 Å². The lowest BCUT2D eigenvalue weighted by molar-refractivity contribution is -0.122. The van der Waals surface area contributed by atoms with Crippen LogP contribution in [-0.2, 0) is 9.59 Å². The maximum absolute atomic E-state index is 11.9. The van der Waals surface area contributed by atoms with Crippen molar-refractivity contribution in [2.45, 2.75) is 19.3 Å². The van der Waals surface area contributed by atoms with E-state index in [0.29, 0.717) is 29.4 Å². The SMILES string of the molecule is O=C(CCCC(=O)N/N=C/c1cc2c(cc1Br)OCO2)N/N=C/c1cc2c(cc1Br)OCO2. The number of carbonyl (C=O) groups is 2. The molecule has 0 radical (unpaired) electrons. The Hall–Kier alpha value is -3.12. The normalized spacial score (nSPS) is 13.6. The van der Waals surface area contributed by atoms with E-state index in [-0.39, 0.29) is 38.2 Å². The second-order valence-electron chi connectivity index (χ2n) is 6.89. The quantitative estimate of drug-likeness (QED) is 0.364. The Morgan fingerprint density at radius 1 is 0.758 bits per heavy atom. The Morgan fingerprint density at radius 3 is 1.58 bits per heavy atom. The van der Waals surface area contributed by atoms with Crippen LogP contribution in [0.1, 0.15) is 30.4 Å². The Morgan fingerprint density at radius 2 is 1.15 bits per heavy atom. The molecule has 0 atom stereocenters.